The molecule has 6 nitrogen and oxygen atoms in total. The van der Waals surface area contributed by atoms with E-state index in [-0.39, 0.29) is 5.91 Å². The van der Waals surface area contributed by atoms with E-state index in [2.05, 4.69) is 15.5 Å². The fourth-order valence-electron chi connectivity index (χ4n) is 2.07. The Morgan fingerprint density at radius 3 is 2.63 bits per heavy atom. The van der Waals surface area contributed by atoms with Crippen LogP contribution in [0, 0.1) is 0 Å². The number of hydrogen-bond acceptors (Lipinski definition) is 4. The van der Waals surface area contributed by atoms with Crippen molar-refractivity contribution in [1.29, 1.82) is 0 Å². The van der Waals surface area contributed by atoms with Crippen LogP contribution in [0.5, 0.6) is 0 Å². The van der Waals surface area contributed by atoms with Gasteiger partial charge >= 0.3 is 0 Å². The van der Waals surface area contributed by atoms with Crippen molar-refractivity contribution in [2.75, 3.05) is 38.0 Å². The van der Waals surface area contributed by atoms with Crippen LogP contribution in [0.25, 0.3) is 0 Å². The van der Waals surface area contributed by atoms with E-state index in [1.54, 1.807) is 24.3 Å². The molecule has 0 bridgehead atoms. The van der Waals surface area contributed by atoms with Gasteiger partial charge in [-0.1, -0.05) is 12.1 Å². The van der Waals surface area contributed by atoms with Crippen LogP contribution < -0.4 is 16.4 Å². The summed E-state index contributed by atoms with van der Waals surface area (Å²) in [7, 11) is 0. The van der Waals surface area contributed by atoms with Gasteiger partial charge in [-0.25, -0.2) is 0 Å². The zero-order valence-electron chi connectivity index (χ0n) is 10.7. The van der Waals surface area contributed by atoms with E-state index in [9.17, 15) is 9.59 Å². The molecule has 1 saturated heterocycles. The molecule has 1 aliphatic heterocycles. The number of primary amides is 1. The molecule has 0 saturated carbocycles. The van der Waals surface area contributed by atoms with Gasteiger partial charge in [0.2, 0.25) is 5.91 Å². The lowest BCUT2D eigenvalue weighted by atomic mass is 10.1. The molecule has 0 aromatic heterocycles. The third kappa shape index (κ3) is 3.77. The second-order valence-electron chi connectivity index (χ2n) is 4.48. The number of piperazine rings is 1. The number of nitrogens with two attached hydrogens (primary N) is 1. The van der Waals surface area contributed by atoms with E-state index in [0.717, 1.165) is 26.2 Å². The van der Waals surface area contributed by atoms with Crippen molar-refractivity contribution in [3.63, 3.8) is 0 Å². The highest BCUT2D eigenvalue weighted by Gasteiger charge is 2.15. The lowest BCUT2D eigenvalue weighted by Gasteiger charge is -2.26. The molecular formula is C13H18N4O2. The topological polar surface area (TPSA) is 87.5 Å². The molecule has 0 atom stereocenters. The summed E-state index contributed by atoms with van der Waals surface area (Å²) in [5.74, 6) is -0.673. The molecule has 1 aromatic carbocycles. The first-order valence-electron chi connectivity index (χ1n) is 6.28. The quantitative estimate of drug-likeness (QED) is 0.691. The van der Waals surface area contributed by atoms with Gasteiger partial charge in [0.05, 0.1) is 17.8 Å². The Labute approximate surface area is 112 Å². The summed E-state index contributed by atoms with van der Waals surface area (Å²) in [6.07, 6.45) is 0. The van der Waals surface area contributed by atoms with Gasteiger partial charge in [-0.05, 0) is 12.1 Å². The highest BCUT2D eigenvalue weighted by Crippen LogP contribution is 2.14. The Hall–Kier alpha value is -1.92. The third-order valence-corrected chi connectivity index (χ3v) is 3.04. The van der Waals surface area contributed by atoms with Crippen molar-refractivity contribution >= 4 is 17.5 Å². The molecule has 1 aromatic rings. The number of anilines is 1. The molecule has 2 rings (SSSR count). The smallest absolute Gasteiger partial charge is 0.250 e. The molecule has 1 heterocycles. The van der Waals surface area contributed by atoms with Gasteiger partial charge in [-0.2, -0.15) is 0 Å². The van der Waals surface area contributed by atoms with Gasteiger partial charge in [0.15, 0.2) is 0 Å². The van der Waals surface area contributed by atoms with Gasteiger partial charge in [-0.3, -0.25) is 14.5 Å². The normalized spacial score (nSPS) is 16.0. The number of carbonyl (C=O) groups is 2. The average molecular weight is 262 g/mol. The van der Waals surface area contributed by atoms with Crippen molar-refractivity contribution in [3.05, 3.63) is 29.8 Å². The number of nitrogens with one attached hydrogen (secondary N) is 2. The number of nitrogens with zero attached hydrogens (tertiary/aromatic N) is 1. The summed E-state index contributed by atoms with van der Waals surface area (Å²) in [5.41, 5.74) is 6.06. The Morgan fingerprint density at radius 1 is 1.26 bits per heavy atom. The number of amides is 2. The lowest BCUT2D eigenvalue weighted by Crippen LogP contribution is -2.46. The summed E-state index contributed by atoms with van der Waals surface area (Å²) in [6, 6.07) is 6.75. The Kier molecular flexibility index (Phi) is 4.48. The van der Waals surface area contributed by atoms with Crippen molar-refractivity contribution in [3.8, 4) is 0 Å². The van der Waals surface area contributed by atoms with E-state index >= 15 is 0 Å². The predicted molar refractivity (Wildman–Crippen MR) is 72.9 cm³/mol. The maximum atomic E-state index is 11.9. The fraction of sp³-hybridized carbons (Fsp3) is 0.385. The maximum absolute atomic E-state index is 11.9. The molecule has 2 amide bonds. The molecule has 4 N–H and O–H groups in total. The molecule has 0 aliphatic carbocycles. The molecule has 0 radical (unpaired) electrons. The summed E-state index contributed by atoms with van der Waals surface area (Å²) in [6.45, 7) is 3.82. The number of benzene rings is 1. The zero-order chi connectivity index (χ0) is 13.7. The van der Waals surface area contributed by atoms with Crippen molar-refractivity contribution < 1.29 is 9.59 Å². The minimum Gasteiger partial charge on any atom is -0.366 e. The first-order valence-corrected chi connectivity index (χ1v) is 6.28. The Balaban J connectivity index is 1.96. The second kappa shape index (κ2) is 6.31. The zero-order valence-corrected chi connectivity index (χ0v) is 10.7. The van der Waals surface area contributed by atoms with Crippen LogP contribution >= 0.6 is 0 Å². The number of carbonyl (C=O) groups excluding carboxylic acids is 2. The number of rotatable bonds is 4. The maximum Gasteiger partial charge on any atom is 0.250 e. The summed E-state index contributed by atoms with van der Waals surface area (Å²) < 4.78 is 0. The highest BCUT2D eigenvalue weighted by atomic mass is 16.2. The van der Waals surface area contributed by atoms with Crippen LogP contribution in [0.1, 0.15) is 10.4 Å². The minimum atomic E-state index is -0.543. The van der Waals surface area contributed by atoms with Crippen LogP contribution in [-0.2, 0) is 4.79 Å². The van der Waals surface area contributed by atoms with E-state index in [1.165, 1.54) is 0 Å². The first-order chi connectivity index (χ1) is 9.16. The van der Waals surface area contributed by atoms with Gasteiger partial charge < -0.3 is 16.4 Å². The SMILES string of the molecule is NC(=O)c1ccccc1NC(=O)CN1CCNCC1. The van der Waals surface area contributed by atoms with E-state index < -0.39 is 5.91 Å². The van der Waals surface area contributed by atoms with Crippen LogP contribution in [-0.4, -0.2) is 49.4 Å². The first kappa shape index (κ1) is 13.5. The van der Waals surface area contributed by atoms with E-state index in [1.807, 2.05) is 0 Å². The summed E-state index contributed by atoms with van der Waals surface area (Å²) in [5, 5.41) is 5.96. The minimum absolute atomic E-state index is 0.129. The molecule has 1 fully saturated rings. The molecule has 0 unspecified atom stereocenters. The third-order valence-electron chi connectivity index (χ3n) is 3.04. The second-order valence-corrected chi connectivity index (χ2v) is 4.48. The largest absolute Gasteiger partial charge is 0.366 e. The van der Waals surface area contributed by atoms with Crippen molar-refractivity contribution in [1.82, 2.24) is 10.2 Å². The van der Waals surface area contributed by atoms with E-state index in [4.69, 9.17) is 5.73 Å². The molecule has 19 heavy (non-hydrogen) atoms. The molecule has 1 aliphatic rings. The lowest BCUT2D eigenvalue weighted by molar-refractivity contribution is -0.117. The highest BCUT2D eigenvalue weighted by molar-refractivity contribution is 6.03. The van der Waals surface area contributed by atoms with Crippen LogP contribution in [0.15, 0.2) is 24.3 Å². The number of hydrogen-bond donors (Lipinski definition) is 3. The standard InChI is InChI=1S/C13H18N4O2/c14-13(19)10-3-1-2-4-11(10)16-12(18)9-17-7-5-15-6-8-17/h1-4,15H,5-9H2,(H2,14,19)(H,16,18). The molecule has 6 heteroatoms. The van der Waals surface area contributed by atoms with Crippen molar-refractivity contribution in [2.24, 2.45) is 5.73 Å². The van der Waals surface area contributed by atoms with Gasteiger partial charge in [0.1, 0.15) is 0 Å². The van der Waals surface area contributed by atoms with Gasteiger partial charge in [-0.15, -0.1) is 0 Å². The monoisotopic (exact) mass is 262 g/mol. The summed E-state index contributed by atoms with van der Waals surface area (Å²) in [4.78, 5) is 25.2. The summed E-state index contributed by atoms with van der Waals surface area (Å²) >= 11 is 0. The predicted octanol–water partition coefficient (Wildman–Crippen LogP) is -0.371. The van der Waals surface area contributed by atoms with Crippen LogP contribution in [0.3, 0.4) is 0 Å². The fourth-order valence-corrected chi connectivity index (χ4v) is 2.07. The van der Waals surface area contributed by atoms with E-state index in [0.29, 0.717) is 17.8 Å². The van der Waals surface area contributed by atoms with Crippen molar-refractivity contribution in [2.45, 2.75) is 0 Å². The molecule has 102 valence electrons. The van der Waals surface area contributed by atoms with Gasteiger partial charge in [0.25, 0.3) is 5.91 Å². The van der Waals surface area contributed by atoms with Crippen LogP contribution in [0.4, 0.5) is 5.69 Å². The average Bonchev–Trinajstić information content (AvgIpc) is 2.40. The molecular weight excluding hydrogens is 244 g/mol. The molecule has 0 spiro atoms. The van der Waals surface area contributed by atoms with Gasteiger partial charge in [0, 0.05) is 26.2 Å². The van der Waals surface area contributed by atoms with Crippen LogP contribution in [0.2, 0.25) is 0 Å². The Bertz CT molecular complexity index is 469. The number of para-hydroxylation sites is 1. The Morgan fingerprint density at radius 2 is 1.95 bits per heavy atom.